The number of nitrogens with one attached hydrogen (secondary N) is 3. The van der Waals surface area contributed by atoms with Crippen molar-refractivity contribution < 1.29 is 23.8 Å². The zero-order valence-corrected chi connectivity index (χ0v) is 24.7. The fourth-order valence-corrected chi connectivity index (χ4v) is 3.71. The molecule has 0 radical (unpaired) electrons. The molecule has 0 atom stereocenters. The number of benzene rings is 1. The van der Waals surface area contributed by atoms with Crippen LogP contribution in [0.1, 0.15) is 47.1 Å². The van der Waals surface area contributed by atoms with Crippen molar-refractivity contribution in [3.05, 3.63) is 50.5 Å². The van der Waals surface area contributed by atoms with E-state index in [4.69, 9.17) is 37.4 Å². The molecule has 216 valence electrons. The van der Waals surface area contributed by atoms with E-state index >= 15 is 0 Å². The number of alkyl carbamates (subject to hydrolysis) is 1. The first kappa shape index (κ1) is 32.2. The number of halogens is 2. The number of rotatable bonds is 13. The van der Waals surface area contributed by atoms with Gasteiger partial charge in [0.2, 0.25) is 0 Å². The minimum atomic E-state index is -0.626. The smallest absolute Gasteiger partial charge is 0.407 e. The van der Waals surface area contributed by atoms with Crippen LogP contribution < -0.4 is 26.2 Å². The third kappa shape index (κ3) is 11.3. The number of carbonyl (C=O) groups excluding carboxylic acids is 2. The molecule has 0 aliphatic carbocycles. The summed E-state index contributed by atoms with van der Waals surface area (Å²) in [4.78, 5) is 40.5. The van der Waals surface area contributed by atoms with Gasteiger partial charge in [-0.3, -0.25) is 14.2 Å². The topological polar surface area (TPSA) is 133 Å². The molecular formula is C26H37Cl2N5O6. The Morgan fingerprint density at radius 3 is 2.49 bits per heavy atom. The second kappa shape index (κ2) is 14.4. The van der Waals surface area contributed by atoms with Crippen molar-refractivity contribution in [2.75, 3.05) is 31.6 Å². The van der Waals surface area contributed by atoms with Gasteiger partial charge in [0.15, 0.2) is 5.82 Å². The molecule has 0 saturated carbocycles. The first-order chi connectivity index (χ1) is 18.2. The highest BCUT2D eigenvalue weighted by atomic mass is 35.5. The molecule has 0 spiro atoms. The molecule has 1 heterocycles. The molecule has 0 aliphatic heterocycles. The highest BCUT2D eigenvalue weighted by molar-refractivity contribution is 6.30. The zero-order chi connectivity index (χ0) is 29.2. The number of hydrogen-bond donors (Lipinski definition) is 3. The molecule has 1 aromatic carbocycles. The first-order valence-corrected chi connectivity index (χ1v) is 13.3. The van der Waals surface area contributed by atoms with Gasteiger partial charge in [0.25, 0.3) is 5.56 Å². The molecule has 1 aromatic heterocycles. The van der Waals surface area contributed by atoms with E-state index in [2.05, 4.69) is 20.9 Å². The van der Waals surface area contributed by atoms with Crippen molar-refractivity contribution in [2.45, 2.75) is 65.8 Å². The third-order valence-corrected chi connectivity index (χ3v) is 5.51. The summed E-state index contributed by atoms with van der Waals surface area (Å²) < 4.78 is 17.5. The van der Waals surface area contributed by atoms with Gasteiger partial charge in [-0.2, -0.15) is 0 Å². The monoisotopic (exact) mass is 585 g/mol. The zero-order valence-electron chi connectivity index (χ0n) is 23.2. The maximum Gasteiger partial charge on any atom is 0.407 e. The molecule has 0 saturated heterocycles. The van der Waals surface area contributed by atoms with Gasteiger partial charge in [0.1, 0.15) is 28.6 Å². The number of esters is 1. The lowest BCUT2D eigenvalue weighted by atomic mass is 10.1. The quantitative estimate of drug-likeness (QED) is 0.235. The van der Waals surface area contributed by atoms with Gasteiger partial charge < -0.3 is 30.2 Å². The number of hydrogen-bond acceptors (Lipinski definition) is 9. The Hall–Kier alpha value is -3.02. The Morgan fingerprint density at radius 2 is 1.82 bits per heavy atom. The number of carbonyl (C=O) groups is 2. The molecule has 2 aromatic rings. The average Bonchev–Trinajstić information content (AvgIpc) is 2.82. The minimum absolute atomic E-state index is 0.0403. The van der Waals surface area contributed by atoms with E-state index < -0.39 is 28.8 Å². The molecule has 0 unspecified atom stereocenters. The molecule has 39 heavy (non-hydrogen) atoms. The van der Waals surface area contributed by atoms with E-state index in [0.717, 1.165) is 4.57 Å². The van der Waals surface area contributed by atoms with E-state index in [1.807, 2.05) is 13.8 Å². The van der Waals surface area contributed by atoms with Gasteiger partial charge in [0.05, 0.1) is 12.8 Å². The maximum atomic E-state index is 12.6. The summed E-state index contributed by atoms with van der Waals surface area (Å²) in [5.74, 6) is 0.0872. The van der Waals surface area contributed by atoms with Crippen LogP contribution in [0.3, 0.4) is 0 Å². The number of amides is 1. The van der Waals surface area contributed by atoms with Gasteiger partial charge in [-0.15, -0.1) is 0 Å². The van der Waals surface area contributed by atoms with E-state index in [1.54, 1.807) is 45.9 Å². The van der Waals surface area contributed by atoms with Crippen LogP contribution >= 0.6 is 23.2 Å². The van der Waals surface area contributed by atoms with Crippen molar-refractivity contribution in [1.29, 1.82) is 0 Å². The van der Waals surface area contributed by atoms with Crippen LogP contribution in [0.5, 0.6) is 5.75 Å². The van der Waals surface area contributed by atoms with Crippen molar-refractivity contribution in [3.63, 3.8) is 0 Å². The molecule has 1 amide bonds. The second-order valence-corrected chi connectivity index (χ2v) is 11.0. The fraction of sp³-hybridized carbons (Fsp3) is 0.538. The lowest BCUT2D eigenvalue weighted by Gasteiger charge is -2.28. The lowest BCUT2D eigenvalue weighted by molar-refractivity contribution is -0.143. The highest BCUT2D eigenvalue weighted by Gasteiger charge is 2.22. The van der Waals surface area contributed by atoms with Crippen molar-refractivity contribution in [2.24, 2.45) is 0 Å². The summed E-state index contributed by atoms with van der Waals surface area (Å²) in [5, 5.41) is 9.51. The molecule has 11 nitrogen and oxygen atoms in total. The normalized spacial score (nSPS) is 11.6. The van der Waals surface area contributed by atoms with Gasteiger partial charge in [0, 0.05) is 36.8 Å². The molecular weight excluding hydrogens is 549 g/mol. The van der Waals surface area contributed by atoms with Gasteiger partial charge in [-0.25, -0.2) is 9.78 Å². The van der Waals surface area contributed by atoms with E-state index in [9.17, 15) is 14.4 Å². The predicted octanol–water partition coefficient (Wildman–Crippen LogP) is 4.00. The maximum absolute atomic E-state index is 12.6. The molecule has 13 heteroatoms. The van der Waals surface area contributed by atoms with Gasteiger partial charge in [-0.1, -0.05) is 23.2 Å². The summed E-state index contributed by atoms with van der Waals surface area (Å²) in [6.45, 7) is 12.3. The van der Waals surface area contributed by atoms with E-state index in [-0.39, 0.29) is 30.7 Å². The van der Waals surface area contributed by atoms with Gasteiger partial charge in [-0.05, 0) is 59.7 Å². The van der Waals surface area contributed by atoms with Crippen LogP contribution in [0.2, 0.25) is 10.2 Å². The molecule has 0 fully saturated rings. The van der Waals surface area contributed by atoms with Crippen molar-refractivity contribution in [1.82, 2.24) is 20.2 Å². The number of anilines is 1. The summed E-state index contributed by atoms with van der Waals surface area (Å²) in [6, 6.07) is 5.20. The molecule has 3 N–H and O–H groups in total. The standard InChI is InChI=1S/C26H37Cl2N5O6/c1-7-37-21(34)15-33-20(28)14-31-22(23(33)35)30-11-10-29-16-26(5,6)38-19-9-8-18(27)12-17(19)13-32-24(36)39-25(2,3)4/h8-9,12,14,29H,7,10-11,13,15-16H2,1-6H3,(H,30,31)(H,32,36). The average molecular weight is 587 g/mol. The third-order valence-electron chi connectivity index (χ3n) is 4.97. The summed E-state index contributed by atoms with van der Waals surface area (Å²) in [7, 11) is 0. The van der Waals surface area contributed by atoms with Crippen LogP contribution in [0, 0.1) is 0 Å². The van der Waals surface area contributed by atoms with Crippen LogP contribution in [0.4, 0.5) is 10.6 Å². The Labute approximate surface area is 238 Å². The molecule has 0 aliphatic rings. The van der Waals surface area contributed by atoms with E-state index in [1.165, 1.54) is 6.20 Å². The minimum Gasteiger partial charge on any atom is -0.486 e. The summed E-state index contributed by atoms with van der Waals surface area (Å²) in [6.07, 6.45) is 0.765. The van der Waals surface area contributed by atoms with Crippen LogP contribution in [-0.4, -0.2) is 59.1 Å². The molecule has 0 bridgehead atoms. The number of aromatic nitrogens is 2. The van der Waals surface area contributed by atoms with E-state index in [0.29, 0.717) is 36.0 Å². The predicted molar refractivity (Wildman–Crippen MR) is 151 cm³/mol. The van der Waals surface area contributed by atoms with Crippen molar-refractivity contribution in [3.8, 4) is 5.75 Å². The fourth-order valence-electron chi connectivity index (χ4n) is 3.33. The Bertz CT molecular complexity index is 1200. The Morgan fingerprint density at radius 1 is 1.10 bits per heavy atom. The summed E-state index contributed by atoms with van der Waals surface area (Å²) >= 11 is 12.2. The first-order valence-electron chi connectivity index (χ1n) is 12.5. The van der Waals surface area contributed by atoms with Crippen molar-refractivity contribution >= 4 is 41.1 Å². The van der Waals surface area contributed by atoms with Crippen LogP contribution in [0.15, 0.2) is 29.2 Å². The Kier molecular flexibility index (Phi) is 11.9. The van der Waals surface area contributed by atoms with Gasteiger partial charge >= 0.3 is 12.1 Å². The molecule has 2 rings (SSSR count). The van der Waals surface area contributed by atoms with Crippen LogP contribution in [0.25, 0.3) is 0 Å². The SMILES string of the molecule is CCOC(=O)Cn1c(Cl)cnc(NCCNCC(C)(C)Oc2ccc(Cl)cc2CNC(=O)OC(C)(C)C)c1=O. The number of ether oxygens (including phenoxy) is 3. The largest absolute Gasteiger partial charge is 0.486 e. The Balaban J connectivity index is 1.90. The van der Waals surface area contributed by atoms with Crippen LogP contribution in [-0.2, 0) is 27.4 Å². The number of nitrogens with zero attached hydrogens (tertiary/aromatic N) is 2. The highest BCUT2D eigenvalue weighted by Crippen LogP contribution is 2.26. The lowest BCUT2D eigenvalue weighted by Crippen LogP contribution is -2.42. The second-order valence-electron chi connectivity index (χ2n) is 10.2. The summed E-state index contributed by atoms with van der Waals surface area (Å²) in [5.41, 5.74) is -1.05.